The van der Waals surface area contributed by atoms with Crippen LogP contribution in [0.4, 0.5) is 5.69 Å². The fourth-order valence-corrected chi connectivity index (χ4v) is 1.70. The molecule has 0 saturated carbocycles. The second-order valence-corrected chi connectivity index (χ2v) is 5.56. The molecule has 5 heteroatoms. The Hall–Kier alpha value is -1.88. The van der Waals surface area contributed by atoms with E-state index in [1.165, 1.54) is 7.11 Å². The molecule has 0 atom stereocenters. The number of anilines is 1. The Morgan fingerprint density at radius 1 is 1.35 bits per heavy atom. The monoisotopic (exact) mass is 278 g/mol. The molecule has 0 aliphatic heterocycles. The quantitative estimate of drug-likeness (QED) is 0.809. The Bertz CT molecular complexity index is 504. The fourth-order valence-electron chi connectivity index (χ4n) is 1.70. The third-order valence-electron chi connectivity index (χ3n) is 2.92. The van der Waals surface area contributed by atoms with Gasteiger partial charge < -0.3 is 15.8 Å². The SMILES string of the molecule is COC(=O)c1ccc(NC(=O)CCC(C)(C)N)c(C)c1. The molecule has 1 aromatic carbocycles. The molecule has 0 unspecified atom stereocenters. The van der Waals surface area contributed by atoms with Crippen LogP contribution in [0.5, 0.6) is 0 Å². The highest BCUT2D eigenvalue weighted by Crippen LogP contribution is 2.18. The second-order valence-electron chi connectivity index (χ2n) is 5.56. The van der Waals surface area contributed by atoms with Crippen LogP contribution in [-0.2, 0) is 9.53 Å². The van der Waals surface area contributed by atoms with Crippen molar-refractivity contribution < 1.29 is 14.3 Å². The molecule has 0 fully saturated rings. The number of rotatable bonds is 5. The molecular formula is C15H22N2O3. The average Bonchev–Trinajstić information content (AvgIpc) is 2.37. The van der Waals surface area contributed by atoms with Crippen LogP contribution in [0, 0.1) is 6.92 Å². The Balaban J connectivity index is 2.69. The number of benzene rings is 1. The van der Waals surface area contributed by atoms with Crippen LogP contribution in [0.15, 0.2) is 18.2 Å². The van der Waals surface area contributed by atoms with E-state index in [2.05, 4.69) is 10.1 Å². The third-order valence-corrected chi connectivity index (χ3v) is 2.92. The lowest BCUT2D eigenvalue weighted by molar-refractivity contribution is -0.116. The van der Waals surface area contributed by atoms with Crippen molar-refractivity contribution in [3.05, 3.63) is 29.3 Å². The number of methoxy groups -OCH3 is 1. The molecule has 20 heavy (non-hydrogen) atoms. The Kier molecular flexibility index (Phi) is 5.27. The van der Waals surface area contributed by atoms with Crippen molar-refractivity contribution in [1.29, 1.82) is 0 Å². The van der Waals surface area contributed by atoms with Gasteiger partial charge in [0.15, 0.2) is 0 Å². The van der Waals surface area contributed by atoms with Gasteiger partial charge in [0.05, 0.1) is 12.7 Å². The highest BCUT2D eigenvalue weighted by Gasteiger charge is 2.14. The predicted molar refractivity (Wildman–Crippen MR) is 78.6 cm³/mol. The molecule has 1 amide bonds. The van der Waals surface area contributed by atoms with E-state index < -0.39 is 5.97 Å². The number of nitrogens with two attached hydrogens (primary N) is 1. The molecule has 0 saturated heterocycles. The van der Waals surface area contributed by atoms with Gasteiger partial charge in [0.1, 0.15) is 0 Å². The number of aryl methyl sites for hydroxylation is 1. The largest absolute Gasteiger partial charge is 0.465 e. The van der Waals surface area contributed by atoms with E-state index in [0.717, 1.165) is 5.56 Å². The van der Waals surface area contributed by atoms with Gasteiger partial charge in [-0.3, -0.25) is 4.79 Å². The molecular weight excluding hydrogens is 256 g/mol. The standard InChI is InChI=1S/C15H22N2O3/c1-10-9-11(14(19)20-4)5-6-12(10)17-13(18)7-8-15(2,3)16/h5-6,9H,7-8,16H2,1-4H3,(H,17,18). The van der Waals surface area contributed by atoms with Gasteiger partial charge in [0.2, 0.25) is 5.91 Å². The second kappa shape index (κ2) is 6.52. The van der Waals surface area contributed by atoms with Gasteiger partial charge in [-0.25, -0.2) is 4.79 Å². The number of amides is 1. The van der Waals surface area contributed by atoms with Crippen molar-refractivity contribution in [3.63, 3.8) is 0 Å². The van der Waals surface area contributed by atoms with E-state index in [1.807, 2.05) is 20.8 Å². The van der Waals surface area contributed by atoms with Gasteiger partial charge in [0.25, 0.3) is 0 Å². The van der Waals surface area contributed by atoms with Crippen LogP contribution in [0.1, 0.15) is 42.6 Å². The molecule has 0 spiro atoms. The molecule has 3 N–H and O–H groups in total. The van der Waals surface area contributed by atoms with E-state index in [-0.39, 0.29) is 11.4 Å². The zero-order valence-electron chi connectivity index (χ0n) is 12.4. The third kappa shape index (κ3) is 5.01. The first-order chi connectivity index (χ1) is 9.23. The summed E-state index contributed by atoms with van der Waals surface area (Å²) in [7, 11) is 1.34. The highest BCUT2D eigenvalue weighted by atomic mass is 16.5. The van der Waals surface area contributed by atoms with Crippen LogP contribution in [0.3, 0.4) is 0 Å². The minimum atomic E-state index is -0.393. The Labute approximate surface area is 119 Å². The minimum absolute atomic E-state index is 0.0857. The molecule has 5 nitrogen and oxygen atoms in total. The van der Waals surface area contributed by atoms with Crippen molar-refractivity contribution in [2.45, 2.75) is 39.2 Å². The summed E-state index contributed by atoms with van der Waals surface area (Å²) in [6.07, 6.45) is 0.972. The van der Waals surface area contributed by atoms with Crippen LogP contribution < -0.4 is 11.1 Å². The topological polar surface area (TPSA) is 81.4 Å². The van der Waals surface area contributed by atoms with E-state index in [4.69, 9.17) is 5.73 Å². The van der Waals surface area contributed by atoms with E-state index >= 15 is 0 Å². The first-order valence-corrected chi connectivity index (χ1v) is 6.50. The molecule has 0 bridgehead atoms. The molecule has 1 aromatic rings. The molecule has 0 aromatic heterocycles. The summed E-state index contributed by atoms with van der Waals surface area (Å²) in [5.41, 5.74) is 7.45. The Morgan fingerprint density at radius 3 is 2.50 bits per heavy atom. The van der Waals surface area contributed by atoms with Crippen molar-refractivity contribution in [2.75, 3.05) is 12.4 Å². The summed E-state index contributed by atoms with van der Waals surface area (Å²) >= 11 is 0. The molecule has 0 aliphatic carbocycles. The van der Waals surface area contributed by atoms with Gasteiger partial charge in [-0.05, 0) is 51.0 Å². The molecule has 110 valence electrons. The minimum Gasteiger partial charge on any atom is -0.465 e. The average molecular weight is 278 g/mol. The number of carbonyl (C=O) groups is 2. The van der Waals surface area contributed by atoms with Crippen molar-refractivity contribution >= 4 is 17.6 Å². The zero-order valence-corrected chi connectivity index (χ0v) is 12.4. The smallest absolute Gasteiger partial charge is 0.337 e. The van der Waals surface area contributed by atoms with Crippen LogP contribution in [0.2, 0.25) is 0 Å². The molecule has 0 aliphatic rings. The normalized spacial score (nSPS) is 11.1. The summed E-state index contributed by atoms with van der Waals surface area (Å²) in [4.78, 5) is 23.2. The lowest BCUT2D eigenvalue weighted by Gasteiger charge is -2.18. The molecule has 0 radical (unpaired) electrons. The van der Waals surface area contributed by atoms with E-state index in [1.54, 1.807) is 18.2 Å². The summed E-state index contributed by atoms with van der Waals surface area (Å²) in [5, 5.41) is 2.82. The lowest BCUT2D eigenvalue weighted by atomic mass is 10.00. The highest BCUT2D eigenvalue weighted by molar-refractivity contribution is 5.94. The number of hydrogen-bond donors (Lipinski definition) is 2. The first-order valence-electron chi connectivity index (χ1n) is 6.50. The maximum Gasteiger partial charge on any atom is 0.337 e. The number of hydrogen-bond acceptors (Lipinski definition) is 4. The van der Waals surface area contributed by atoms with Gasteiger partial charge in [-0.2, -0.15) is 0 Å². The molecule has 1 rings (SSSR count). The van der Waals surface area contributed by atoms with Crippen molar-refractivity contribution in [2.24, 2.45) is 5.73 Å². The van der Waals surface area contributed by atoms with Gasteiger partial charge in [0, 0.05) is 17.6 Å². The molecule has 0 heterocycles. The number of esters is 1. The van der Waals surface area contributed by atoms with Gasteiger partial charge in [-0.15, -0.1) is 0 Å². The van der Waals surface area contributed by atoms with Crippen molar-refractivity contribution in [3.8, 4) is 0 Å². The van der Waals surface area contributed by atoms with E-state index in [9.17, 15) is 9.59 Å². The maximum absolute atomic E-state index is 11.8. The van der Waals surface area contributed by atoms with Crippen LogP contribution in [-0.4, -0.2) is 24.5 Å². The summed E-state index contributed by atoms with van der Waals surface area (Å²) in [5.74, 6) is -0.478. The maximum atomic E-state index is 11.8. The Morgan fingerprint density at radius 2 is 2.00 bits per heavy atom. The summed E-state index contributed by atoms with van der Waals surface area (Å²) in [6, 6.07) is 5.02. The number of ether oxygens (including phenoxy) is 1. The lowest BCUT2D eigenvalue weighted by Crippen LogP contribution is -2.33. The predicted octanol–water partition coefficient (Wildman–Crippen LogP) is 2.24. The number of carbonyl (C=O) groups excluding carboxylic acids is 2. The van der Waals surface area contributed by atoms with Crippen LogP contribution >= 0.6 is 0 Å². The zero-order chi connectivity index (χ0) is 15.3. The van der Waals surface area contributed by atoms with Crippen LogP contribution in [0.25, 0.3) is 0 Å². The van der Waals surface area contributed by atoms with Gasteiger partial charge in [-0.1, -0.05) is 0 Å². The van der Waals surface area contributed by atoms with E-state index in [0.29, 0.717) is 24.1 Å². The summed E-state index contributed by atoms with van der Waals surface area (Å²) in [6.45, 7) is 5.60. The fraction of sp³-hybridized carbons (Fsp3) is 0.467. The van der Waals surface area contributed by atoms with Gasteiger partial charge >= 0.3 is 5.97 Å². The summed E-state index contributed by atoms with van der Waals surface area (Å²) < 4.78 is 4.65. The first kappa shape index (κ1) is 16.2. The number of nitrogens with one attached hydrogen (secondary N) is 1. The van der Waals surface area contributed by atoms with Crippen molar-refractivity contribution in [1.82, 2.24) is 0 Å².